The van der Waals surface area contributed by atoms with E-state index in [-0.39, 0.29) is 11.6 Å². The topological polar surface area (TPSA) is 68.2 Å². The number of benzene rings is 3. The normalized spacial score (nSPS) is 10.7. The molecule has 0 bridgehead atoms. The molecule has 5 rings (SSSR count). The first-order valence-electron chi connectivity index (χ1n) is 9.57. The SMILES string of the molecule is O=C(c1cnccn1)N(c1ccc(Oc2ccccc2)cc1)c1nc2ccccc2s1. The Morgan fingerprint density at radius 1 is 0.839 bits per heavy atom. The Kier molecular flexibility index (Phi) is 5.08. The molecular formula is C24H16N4O2S. The van der Waals surface area contributed by atoms with Crippen molar-refractivity contribution in [1.82, 2.24) is 15.0 Å². The van der Waals surface area contributed by atoms with Crippen molar-refractivity contribution < 1.29 is 9.53 Å². The van der Waals surface area contributed by atoms with E-state index in [1.54, 1.807) is 4.90 Å². The highest BCUT2D eigenvalue weighted by molar-refractivity contribution is 7.22. The molecule has 5 aromatic rings. The van der Waals surface area contributed by atoms with Crippen molar-refractivity contribution in [2.75, 3.05) is 4.90 Å². The number of thiazole rings is 1. The molecule has 0 fully saturated rings. The summed E-state index contributed by atoms with van der Waals surface area (Å²) in [5.41, 5.74) is 1.74. The van der Waals surface area contributed by atoms with E-state index >= 15 is 0 Å². The molecule has 0 N–H and O–H groups in total. The van der Waals surface area contributed by atoms with Crippen molar-refractivity contribution in [3.05, 3.63) is 103 Å². The summed E-state index contributed by atoms with van der Waals surface area (Å²) >= 11 is 1.44. The van der Waals surface area contributed by atoms with Gasteiger partial charge < -0.3 is 4.74 Å². The predicted octanol–water partition coefficient (Wildman–Crippen LogP) is 5.86. The number of hydrogen-bond donors (Lipinski definition) is 0. The Morgan fingerprint density at radius 3 is 2.32 bits per heavy atom. The maximum atomic E-state index is 13.4. The number of ether oxygens (including phenoxy) is 1. The molecule has 3 aromatic carbocycles. The molecule has 31 heavy (non-hydrogen) atoms. The number of anilines is 2. The minimum absolute atomic E-state index is 0.242. The first kappa shape index (κ1) is 18.9. The number of hydrogen-bond acceptors (Lipinski definition) is 6. The van der Waals surface area contributed by atoms with Crippen molar-refractivity contribution in [2.45, 2.75) is 0 Å². The fraction of sp³-hybridized carbons (Fsp3) is 0. The molecule has 0 unspecified atom stereocenters. The largest absolute Gasteiger partial charge is 0.457 e. The average Bonchev–Trinajstić information content (AvgIpc) is 3.25. The van der Waals surface area contributed by atoms with Crippen molar-refractivity contribution in [1.29, 1.82) is 0 Å². The van der Waals surface area contributed by atoms with Crippen molar-refractivity contribution in [2.24, 2.45) is 0 Å². The van der Waals surface area contributed by atoms with Crippen LogP contribution < -0.4 is 9.64 Å². The zero-order valence-electron chi connectivity index (χ0n) is 16.3. The molecule has 0 saturated heterocycles. The summed E-state index contributed by atoms with van der Waals surface area (Å²) in [6.45, 7) is 0. The summed E-state index contributed by atoms with van der Waals surface area (Å²) in [4.78, 5) is 27.8. The molecule has 150 valence electrons. The van der Waals surface area contributed by atoms with Crippen LogP contribution in [-0.2, 0) is 0 Å². The molecule has 0 aliphatic heterocycles. The number of carbonyl (C=O) groups is 1. The molecule has 0 spiro atoms. The standard InChI is InChI=1S/C24H16N4O2S/c29-23(21-16-25-14-15-26-21)28(24-27-20-8-4-5-9-22(20)31-24)17-10-12-19(13-11-17)30-18-6-2-1-3-7-18/h1-16H. The Morgan fingerprint density at radius 2 is 1.58 bits per heavy atom. The maximum Gasteiger partial charge on any atom is 0.284 e. The highest BCUT2D eigenvalue weighted by Gasteiger charge is 2.24. The van der Waals surface area contributed by atoms with Gasteiger partial charge in [0.15, 0.2) is 5.13 Å². The van der Waals surface area contributed by atoms with Gasteiger partial charge in [-0.2, -0.15) is 0 Å². The van der Waals surface area contributed by atoms with Crippen LogP contribution in [0.4, 0.5) is 10.8 Å². The van der Waals surface area contributed by atoms with E-state index in [9.17, 15) is 4.79 Å². The third-order valence-corrected chi connectivity index (χ3v) is 5.55. The van der Waals surface area contributed by atoms with Crippen LogP contribution in [0.1, 0.15) is 10.5 Å². The Bertz CT molecular complexity index is 1290. The van der Waals surface area contributed by atoms with Crippen LogP contribution in [0, 0.1) is 0 Å². The van der Waals surface area contributed by atoms with Gasteiger partial charge in [0.25, 0.3) is 5.91 Å². The monoisotopic (exact) mass is 424 g/mol. The first-order chi connectivity index (χ1) is 15.3. The molecular weight excluding hydrogens is 408 g/mol. The molecule has 0 atom stereocenters. The maximum absolute atomic E-state index is 13.4. The highest BCUT2D eigenvalue weighted by atomic mass is 32.1. The number of aromatic nitrogens is 3. The highest BCUT2D eigenvalue weighted by Crippen LogP contribution is 2.35. The minimum Gasteiger partial charge on any atom is -0.457 e. The van der Waals surface area contributed by atoms with Crippen LogP contribution in [0.3, 0.4) is 0 Å². The number of rotatable bonds is 5. The molecule has 0 radical (unpaired) electrons. The van der Waals surface area contributed by atoms with Gasteiger partial charge >= 0.3 is 0 Å². The second-order valence-electron chi connectivity index (χ2n) is 6.60. The van der Waals surface area contributed by atoms with Crippen LogP contribution >= 0.6 is 11.3 Å². The summed E-state index contributed by atoms with van der Waals surface area (Å²) in [5.74, 6) is 1.11. The summed E-state index contributed by atoms with van der Waals surface area (Å²) in [6.07, 6.45) is 4.49. The molecule has 7 heteroatoms. The third kappa shape index (κ3) is 3.99. The fourth-order valence-electron chi connectivity index (χ4n) is 3.08. The van der Waals surface area contributed by atoms with Gasteiger partial charge in [-0.25, -0.2) is 9.97 Å². The van der Waals surface area contributed by atoms with Gasteiger partial charge in [-0.3, -0.25) is 14.7 Å². The molecule has 2 aromatic heterocycles. The average molecular weight is 424 g/mol. The lowest BCUT2D eigenvalue weighted by molar-refractivity contribution is 0.0994. The van der Waals surface area contributed by atoms with E-state index in [0.29, 0.717) is 16.6 Å². The van der Waals surface area contributed by atoms with Gasteiger partial charge in [0.1, 0.15) is 17.2 Å². The molecule has 0 aliphatic carbocycles. The van der Waals surface area contributed by atoms with Crippen LogP contribution in [0.15, 0.2) is 97.5 Å². The van der Waals surface area contributed by atoms with E-state index < -0.39 is 0 Å². The lowest BCUT2D eigenvalue weighted by Gasteiger charge is -2.19. The van der Waals surface area contributed by atoms with E-state index in [2.05, 4.69) is 15.0 Å². The zero-order valence-corrected chi connectivity index (χ0v) is 17.1. The Labute approximate surface area is 182 Å². The number of para-hydroxylation sites is 2. The smallest absolute Gasteiger partial charge is 0.284 e. The van der Waals surface area contributed by atoms with Gasteiger partial charge in [0.05, 0.1) is 22.1 Å². The summed E-state index contributed by atoms with van der Waals surface area (Å²) in [7, 11) is 0. The van der Waals surface area contributed by atoms with Crippen molar-refractivity contribution in [3.63, 3.8) is 0 Å². The molecule has 0 aliphatic rings. The van der Waals surface area contributed by atoms with Crippen LogP contribution in [-0.4, -0.2) is 20.9 Å². The second-order valence-corrected chi connectivity index (χ2v) is 7.61. The van der Waals surface area contributed by atoms with Gasteiger partial charge in [-0.15, -0.1) is 0 Å². The van der Waals surface area contributed by atoms with E-state index in [1.165, 1.54) is 29.9 Å². The minimum atomic E-state index is -0.302. The van der Waals surface area contributed by atoms with Crippen LogP contribution in [0.2, 0.25) is 0 Å². The number of fused-ring (bicyclic) bond motifs is 1. The fourth-order valence-corrected chi connectivity index (χ4v) is 4.07. The lowest BCUT2D eigenvalue weighted by atomic mass is 10.2. The summed E-state index contributed by atoms with van der Waals surface area (Å²) in [6, 6.07) is 24.6. The van der Waals surface area contributed by atoms with Gasteiger partial charge in [0.2, 0.25) is 0 Å². The van der Waals surface area contributed by atoms with Gasteiger partial charge in [-0.05, 0) is 48.5 Å². The van der Waals surface area contributed by atoms with Crippen LogP contribution in [0.5, 0.6) is 11.5 Å². The number of nitrogens with zero attached hydrogens (tertiary/aromatic N) is 4. The number of carbonyl (C=O) groups excluding carboxylic acids is 1. The lowest BCUT2D eigenvalue weighted by Crippen LogP contribution is -2.26. The third-order valence-electron chi connectivity index (χ3n) is 4.53. The predicted molar refractivity (Wildman–Crippen MR) is 121 cm³/mol. The van der Waals surface area contributed by atoms with Crippen LogP contribution in [0.25, 0.3) is 10.2 Å². The molecule has 2 heterocycles. The molecule has 0 saturated carbocycles. The van der Waals surface area contributed by atoms with Crippen molar-refractivity contribution >= 4 is 38.3 Å². The first-order valence-corrected chi connectivity index (χ1v) is 10.4. The Hall–Kier alpha value is -4.10. The van der Waals surface area contributed by atoms with E-state index in [0.717, 1.165) is 16.0 Å². The van der Waals surface area contributed by atoms with E-state index in [4.69, 9.17) is 4.74 Å². The summed E-state index contributed by atoms with van der Waals surface area (Å²) in [5, 5.41) is 0.564. The second kappa shape index (κ2) is 8.33. The van der Waals surface area contributed by atoms with Gasteiger partial charge in [0, 0.05) is 12.4 Å². The van der Waals surface area contributed by atoms with Gasteiger partial charge in [-0.1, -0.05) is 41.7 Å². The Balaban J connectivity index is 1.53. The quantitative estimate of drug-likeness (QED) is 0.354. The van der Waals surface area contributed by atoms with Crippen molar-refractivity contribution in [3.8, 4) is 11.5 Å². The molecule has 1 amide bonds. The summed E-state index contributed by atoms with van der Waals surface area (Å²) < 4.78 is 6.87. The molecule has 6 nitrogen and oxygen atoms in total. The number of amides is 1. The van der Waals surface area contributed by atoms with E-state index in [1.807, 2.05) is 78.9 Å². The zero-order chi connectivity index (χ0) is 21.0.